The smallest absolute Gasteiger partial charge is 0.408 e. The number of alkyl carbamates (subject to hydrolysis) is 1. The number of likely N-dealkylation sites (N-methyl/N-ethyl adjacent to an activating group) is 1. The number of hydrogen-bond donors (Lipinski definition) is 4. The van der Waals surface area contributed by atoms with Gasteiger partial charge in [0, 0.05) is 86.8 Å². The molecule has 2 aliphatic heterocycles. The van der Waals surface area contributed by atoms with E-state index in [1.165, 1.54) is 11.3 Å². The second kappa shape index (κ2) is 17.7. The number of nitrogens with one attached hydrogen (secondary N) is 2. The largest absolute Gasteiger partial charge is 0.480 e. The Morgan fingerprint density at radius 2 is 1.83 bits per heavy atom. The predicted octanol–water partition coefficient (Wildman–Crippen LogP) is 5.98. The average Bonchev–Trinajstić information content (AvgIpc) is 3.49. The van der Waals surface area contributed by atoms with Gasteiger partial charge in [-0.1, -0.05) is 19.9 Å². The quantitative estimate of drug-likeness (QED) is 0.117. The summed E-state index contributed by atoms with van der Waals surface area (Å²) in [6.45, 7) is 17.0. The first-order chi connectivity index (χ1) is 29.7. The zero-order valence-electron chi connectivity index (χ0n) is 37.5. The molecule has 5 atom stereocenters. The van der Waals surface area contributed by atoms with E-state index >= 15 is 0 Å². The number of benzene rings is 1. The van der Waals surface area contributed by atoms with Gasteiger partial charge in [0.25, 0.3) is 11.8 Å². The van der Waals surface area contributed by atoms with E-state index in [9.17, 15) is 33.4 Å². The SMILES string of the molecule is CCn1c(-c2cc(N3CCN(C)CC3)cnc2[C@H](C)OC)c(CC(C)(C)CO)c2cc(-c3csc(C[C@H](NC(=O)OC(C)(C)C)C(=O)N4CC5C([C@@H](C(=O)O)N4)C5(F)F)n3)ccc21. The molecule has 2 unspecified atom stereocenters. The standard InChI is InChI=1S/C45H60F2N8O7S/c1-10-54-34-12-11-26(17-28(34)30(20-44(6,7)24-56)39(54)29-18-27(21-48-37(29)25(2)61-9)53-15-13-52(8)14-16-53)33-23-63-35(49-33)19-32(50-42(60)62-43(3,4)5)40(57)55-22-31-36(45(31,46)47)38(51-55)41(58)59/h11-12,17-18,21,23,25,31-32,36,38,51,56H,10,13-16,19-20,22,24H2,1-9H3,(H,50,60)(H,58,59)/t25-,31?,32-,36?,38-/m0/s1. The minimum Gasteiger partial charge on any atom is -0.480 e. The second-order valence-corrected chi connectivity index (χ2v) is 19.8. The number of hydrogen-bond acceptors (Lipinski definition) is 12. The number of pyridine rings is 1. The molecule has 4 N–H and O–H groups in total. The molecule has 1 aromatic carbocycles. The number of halogens is 2. The lowest BCUT2D eigenvalue weighted by molar-refractivity contribution is -0.148. The van der Waals surface area contributed by atoms with Crippen molar-refractivity contribution < 1.29 is 42.9 Å². The molecule has 4 aromatic rings. The highest BCUT2D eigenvalue weighted by Crippen LogP contribution is 2.58. The fourth-order valence-corrected chi connectivity index (χ4v) is 9.63. The molecule has 5 heterocycles. The number of thiazole rings is 1. The number of carbonyl (C=O) groups excluding carboxylic acids is 2. The molecule has 63 heavy (non-hydrogen) atoms. The van der Waals surface area contributed by atoms with Crippen LogP contribution < -0.4 is 15.6 Å². The molecule has 0 bridgehead atoms. The van der Waals surface area contributed by atoms with Crippen molar-refractivity contribution in [3.63, 3.8) is 0 Å². The zero-order valence-corrected chi connectivity index (χ0v) is 38.3. The van der Waals surface area contributed by atoms with Gasteiger partial charge in [0.05, 0.1) is 51.9 Å². The summed E-state index contributed by atoms with van der Waals surface area (Å²) in [6, 6.07) is 5.40. The molecule has 0 radical (unpaired) electrons. The topological polar surface area (TPSA) is 175 Å². The molecule has 7 rings (SSSR count). The number of piperazine rings is 1. The number of fused-ring (bicyclic) bond motifs is 2. The minimum absolute atomic E-state index is 0.0356. The second-order valence-electron chi connectivity index (χ2n) is 18.8. The fourth-order valence-electron chi connectivity index (χ4n) is 8.78. The number of rotatable bonds is 14. The van der Waals surface area contributed by atoms with Crippen LogP contribution in [0, 0.1) is 17.3 Å². The molecular formula is C45H60F2N8O7S. The number of carbonyl (C=O) groups is 3. The lowest BCUT2D eigenvalue weighted by Crippen LogP contribution is -2.61. The Balaban J connectivity index is 1.26. The van der Waals surface area contributed by atoms with E-state index in [0.717, 1.165) is 75.9 Å². The van der Waals surface area contributed by atoms with Crippen LogP contribution in [0.4, 0.5) is 19.3 Å². The zero-order chi connectivity index (χ0) is 45.8. The Hall–Kier alpha value is -4.75. The van der Waals surface area contributed by atoms with Crippen LogP contribution >= 0.6 is 11.3 Å². The molecule has 0 spiro atoms. The Bertz CT molecular complexity index is 2350. The van der Waals surface area contributed by atoms with Gasteiger partial charge >= 0.3 is 12.1 Å². The third-order valence-corrected chi connectivity index (χ3v) is 13.2. The van der Waals surface area contributed by atoms with Crippen molar-refractivity contribution in [3.05, 3.63) is 52.1 Å². The summed E-state index contributed by atoms with van der Waals surface area (Å²) in [5, 5.41) is 27.1. The number of nitrogens with zero attached hydrogens (tertiary/aromatic N) is 6. The van der Waals surface area contributed by atoms with Crippen LogP contribution in [-0.2, 0) is 38.4 Å². The monoisotopic (exact) mass is 894 g/mol. The number of carboxylic acids is 1. The Morgan fingerprint density at radius 3 is 2.46 bits per heavy atom. The number of aromatic nitrogens is 3. The van der Waals surface area contributed by atoms with E-state index in [-0.39, 0.29) is 19.1 Å². The van der Waals surface area contributed by atoms with Crippen LogP contribution in [0.5, 0.6) is 0 Å². The van der Waals surface area contributed by atoms with Gasteiger partial charge in [-0.15, -0.1) is 11.3 Å². The highest BCUT2D eigenvalue weighted by atomic mass is 32.1. The average molecular weight is 895 g/mol. The third-order valence-electron chi connectivity index (χ3n) is 12.4. The number of ether oxygens (including phenoxy) is 2. The summed E-state index contributed by atoms with van der Waals surface area (Å²) in [5.41, 5.74) is 8.39. The maximum absolute atomic E-state index is 14.6. The summed E-state index contributed by atoms with van der Waals surface area (Å²) in [7, 11) is 3.81. The van der Waals surface area contributed by atoms with E-state index in [2.05, 4.69) is 57.3 Å². The number of alkyl halides is 2. The maximum Gasteiger partial charge on any atom is 0.408 e. The van der Waals surface area contributed by atoms with Gasteiger partial charge in [-0.05, 0) is 77.3 Å². The Kier molecular flexibility index (Phi) is 13.0. The lowest BCUT2D eigenvalue weighted by atomic mass is 9.84. The van der Waals surface area contributed by atoms with E-state index < -0.39 is 65.4 Å². The van der Waals surface area contributed by atoms with Crippen molar-refractivity contribution in [1.29, 1.82) is 0 Å². The molecule has 1 saturated carbocycles. The number of aliphatic carboxylic acids is 1. The van der Waals surface area contributed by atoms with Crippen molar-refractivity contribution in [2.75, 3.05) is 58.4 Å². The molecule has 3 aliphatic rings. The van der Waals surface area contributed by atoms with Gasteiger partial charge in [-0.3, -0.25) is 19.6 Å². The van der Waals surface area contributed by atoms with Crippen LogP contribution in [-0.4, -0.2) is 130 Å². The van der Waals surface area contributed by atoms with E-state index in [1.807, 2.05) is 38.4 Å². The van der Waals surface area contributed by atoms with Gasteiger partial charge in [-0.2, -0.15) is 0 Å². The van der Waals surface area contributed by atoms with Crippen LogP contribution in [0.2, 0.25) is 0 Å². The van der Waals surface area contributed by atoms with Crippen LogP contribution in [0.25, 0.3) is 33.4 Å². The van der Waals surface area contributed by atoms with Gasteiger partial charge in [0.15, 0.2) is 0 Å². The summed E-state index contributed by atoms with van der Waals surface area (Å²) in [6.07, 6.45) is 1.17. The highest BCUT2D eigenvalue weighted by Gasteiger charge is 2.74. The Labute approximate surface area is 370 Å². The molecular weight excluding hydrogens is 835 g/mol. The summed E-state index contributed by atoms with van der Waals surface area (Å²) in [4.78, 5) is 53.7. The van der Waals surface area contributed by atoms with E-state index in [4.69, 9.17) is 19.4 Å². The number of carboxylic acid groups (broad SMARTS) is 1. The van der Waals surface area contributed by atoms with Gasteiger partial charge in [0.1, 0.15) is 17.7 Å². The molecule has 2 amide bonds. The third kappa shape index (κ3) is 9.55. The van der Waals surface area contributed by atoms with Crippen LogP contribution in [0.15, 0.2) is 35.8 Å². The van der Waals surface area contributed by atoms with Crippen molar-refractivity contribution >= 4 is 45.9 Å². The predicted molar refractivity (Wildman–Crippen MR) is 237 cm³/mol. The summed E-state index contributed by atoms with van der Waals surface area (Å²) < 4.78 is 42.8. The number of anilines is 1. The van der Waals surface area contributed by atoms with Gasteiger partial charge in [0.2, 0.25) is 0 Å². The number of methoxy groups -OCH3 is 1. The summed E-state index contributed by atoms with van der Waals surface area (Å²) in [5.74, 6) is -8.29. The van der Waals surface area contributed by atoms with Crippen LogP contribution in [0.3, 0.4) is 0 Å². The van der Waals surface area contributed by atoms with E-state index in [1.54, 1.807) is 27.9 Å². The van der Waals surface area contributed by atoms with Crippen LogP contribution in [0.1, 0.15) is 70.8 Å². The molecule has 15 nitrogen and oxygen atoms in total. The first-order valence-electron chi connectivity index (χ1n) is 21.5. The normalized spacial score (nSPS) is 21.2. The first kappa shape index (κ1) is 46.2. The molecule has 342 valence electrons. The minimum atomic E-state index is -3.24. The van der Waals surface area contributed by atoms with Crippen molar-refractivity contribution in [3.8, 4) is 22.5 Å². The number of aliphatic hydroxyl groups excluding tert-OH is 1. The molecule has 1 aliphatic carbocycles. The number of hydrazine groups is 1. The number of aliphatic hydroxyl groups is 1. The molecule has 3 fully saturated rings. The fraction of sp³-hybridized carbons (Fsp3) is 0.578. The van der Waals surface area contributed by atoms with E-state index in [0.29, 0.717) is 23.7 Å². The first-order valence-corrected chi connectivity index (χ1v) is 22.4. The highest BCUT2D eigenvalue weighted by molar-refractivity contribution is 7.10. The number of aryl methyl sites for hydroxylation is 1. The van der Waals surface area contributed by atoms with Crippen molar-refractivity contribution in [1.82, 2.24) is 35.2 Å². The summed E-state index contributed by atoms with van der Waals surface area (Å²) >= 11 is 1.27. The van der Waals surface area contributed by atoms with Crippen molar-refractivity contribution in [2.45, 2.75) is 97.6 Å². The number of amides is 2. The molecule has 2 saturated heterocycles. The molecule has 3 aromatic heterocycles. The Morgan fingerprint density at radius 1 is 1.11 bits per heavy atom. The van der Waals surface area contributed by atoms with Gasteiger partial charge < -0.3 is 39.4 Å². The maximum atomic E-state index is 14.6. The lowest BCUT2D eigenvalue weighted by Gasteiger charge is -2.34. The van der Waals surface area contributed by atoms with Gasteiger partial charge in [-0.25, -0.2) is 24.0 Å². The van der Waals surface area contributed by atoms with Crippen molar-refractivity contribution in [2.24, 2.45) is 17.3 Å². The molecule has 18 heteroatoms.